The van der Waals surface area contributed by atoms with Gasteiger partial charge in [0.1, 0.15) is 17.4 Å². The number of nitriles is 1. The minimum absolute atomic E-state index is 0.0290. The Balaban J connectivity index is 2.40. The summed E-state index contributed by atoms with van der Waals surface area (Å²) in [5, 5.41) is 12.8. The van der Waals surface area contributed by atoms with Crippen molar-refractivity contribution in [1.29, 1.82) is 5.26 Å². The molecule has 0 bridgehead atoms. The molecule has 0 aliphatic carbocycles. The molecular weight excluding hydrogens is 372 g/mol. The van der Waals surface area contributed by atoms with Gasteiger partial charge in [-0.1, -0.05) is 31.5 Å². The Hall–Kier alpha value is -2.77. The van der Waals surface area contributed by atoms with Crippen LogP contribution >= 0.6 is 11.6 Å². The summed E-state index contributed by atoms with van der Waals surface area (Å²) in [7, 11) is 0. The number of aryl methyl sites for hydroxylation is 2. The lowest BCUT2D eigenvalue weighted by atomic mass is 9.95. The highest BCUT2D eigenvalue weighted by molar-refractivity contribution is 6.31. The van der Waals surface area contributed by atoms with E-state index < -0.39 is 5.91 Å². The lowest BCUT2D eigenvalue weighted by Crippen LogP contribution is -2.14. The fourth-order valence-corrected chi connectivity index (χ4v) is 3.00. The standard InChI is InChI=1S/C23H25ClN2O2/c1-6-28-22-9-16(5)17(11-20(22)14(2)3)10-18(13-25)23(27)26-21-12-19(24)8-7-15(21)4/h7-12,14H,6H2,1-5H3,(H,26,27)/b18-10+. The van der Waals surface area contributed by atoms with Crippen molar-refractivity contribution in [3.8, 4) is 11.8 Å². The van der Waals surface area contributed by atoms with Gasteiger partial charge in [-0.25, -0.2) is 0 Å². The number of benzene rings is 2. The van der Waals surface area contributed by atoms with Gasteiger partial charge in [-0.3, -0.25) is 4.79 Å². The number of hydrogen-bond acceptors (Lipinski definition) is 3. The van der Waals surface area contributed by atoms with Crippen molar-refractivity contribution in [2.75, 3.05) is 11.9 Å². The van der Waals surface area contributed by atoms with Crippen molar-refractivity contribution in [2.45, 2.75) is 40.5 Å². The van der Waals surface area contributed by atoms with Crippen LogP contribution in [0.5, 0.6) is 5.75 Å². The molecule has 146 valence electrons. The van der Waals surface area contributed by atoms with Gasteiger partial charge in [0.15, 0.2) is 0 Å². The number of ether oxygens (including phenoxy) is 1. The zero-order valence-corrected chi connectivity index (χ0v) is 17.6. The molecule has 0 saturated carbocycles. The zero-order valence-electron chi connectivity index (χ0n) is 16.9. The Morgan fingerprint density at radius 3 is 2.57 bits per heavy atom. The first-order valence-electron chi connectivity index (χ1n) is 9.23. The number of anilines is 1. The Morgan fingerprint density at radius 2 is 1.96 bits per heavy atom. The number of halogens is 1. The van der Waals surface area contributed by atoms with Crippen LogP contribution in [-0.4, -0.2) is 12.5 Å². The van der Waals surface area contributed by atoms with E-state index in [-0.39, 0.29) is 11.5 Å². The van der Waals surface area contributed by atoms with Crippen molar-refractivity contribution < 1.29 is 9.53 Å². The molecule has 5 heteroatoms. The van der Waals surface area contributed by atoms with Gasteiger partial charge >= 0.3 is 0 Å². The lowest BCUT2D eigenvalue weighted by molar-refractivity contribution is -0.112. The highest BCUT2D eigenvalue weighted by atomic mass is 35.5. The van der Waals surface area contributed by atoms with Gasteiger partial charge in [-0.2, -0.15) is 5.26 Å². The number of carbonyl (C=O) groups excluding carboxylic acids is 1. The number of amides is 1. The van der Waals surface area contributed by atoms with E-state index in [0.717, 1.165) is 28.0 Å². The number of hydrogen-bond donors (Lipinski definition) is 1. The third-order valence-corrected chi connectivity index (χ3v) is 4.67. The monoisotopic (exact) mass is 396 g/mol. The van der Waals surface area contributed by atoms with Crippen molar-refractivity contribution in [3.05, 3.63) is 63.2 Å². The average Bonchev–Trinajstić information content (AvgIpc) is 2.64. The van der Waals surface area contributed by atoms with E-state index in [0.29, 0.717) is 17.3 Å². The molecule has 0 saturated heterocycles. The molecule has 0 aromatic heterocycles. The molecule has 0 atom stereocenters. The van der Waals surface area contributed by atoms with E-state index in [2.05, 4.69) is 19.2 Å². The van der Waals surface area contributed by atoms with E-state index in [9.17, 15) is 10.1 Å². The quantitative estimate of drug-likeness (QED) is 0.479. The second kappa shape index (κ2) is 9.43. The van der Waals surface area contributed by atoms with Gasteiger partial charge in [-0.05, 0) is 79.3 Å². The highest BCUT2D eigenvalue weighted by Crippen LogP contribution is 2.31. The Labute approximate surface area is 171 Å². The molecule has 0 spiro atoms. The normalized spacial score (nSPS) is 11.3. The zero-order chi connectivity index (χ0) is 20.8. The molecule has 0 unspecified atom stereocenters. The van der Waals surface area contributed by atoms with Gasteiger partial charge in [0.05, 0.1) is 6.61 Å². The molecule has 0 aliphatic rings. The van der Waals surface area contributed by atoms with Crippen LogP contribution in [0.2, 0.25) is 5.02 Å². The maximum absolute atomic E-state index is 12.6. The van der Waals surface area contributed by atoms with Gasteiger partial charge < -0.3 is 10.1 Å². The first kappa shape index (κ1) is 21.5. The predicted octanol–water partition coefficient (Wildman–Crippen LogP) is 6.02. The van der Waals surface area contributed by atoms with Crippen LogP contribution in [0.1, 0.15) is 48.9 Å². The second-order valence-electron chi connectivity index (χ2n) is 6.92. The Morgan fingerprint density at radius 1 is 1.25 bits per heavy atom. The minimum Gasteiger partial charge on any atom is -0.494 e. The van der Waals surface area contributed by atoms with E-state index in [4.69, 9.17) is 16.3 Å². The van der Waals surface area contributed by atoms with Gasteiger partial charge in [0, 0.05) is 10.7 Å². The molecule has 1 N–H and O–H groups in total. The summed E-state index contributed by atoms with van der Waals surface area (Å²) < 4.78 is 5.74. The summed E-state index contributed by atoms with van der Waals surface area (Å²) in [4.78, 5) is 12.6. The first-order valence-corrected chi connectivity index (χ1v) is 9.61. The van der Waals surface area contributed by atoms with E-state index in [1.165, 1.54) is 0 Å². The van der Waals surface area contributed by atoms with E-state index in [1.54, 1.807) is 18.2 Å². The van der Waals surface area contributed by atoms with Crippen LogP contribution in [0.3, 0.4) is 0 Å². The predicted molar refractivity (Wildman–Crippen MR) is 115 cm³/mol. The third-order valence-electron chi connectivity index (χ3n) is 4.43. The van der Waals surface area contributed by atoms with Crippen LogP contribution in [0, 0.1) is 25.2 Å². The van der Waals surface area contributed by atoms with Crippen LogP contribution in [-0.2, 0) is 4.79 Å². The van der Waals surface area contributed by atoms with E-state index >= 15 is 0 Å². The van der Waals surface area contributed by atoms with Gasteiger partial charge in [0.2, 0.25) is 0 Å². The molecule has 4 nitrogen and oxygen atoms in total. The maximum atomic E-state index is 12.6. The smallest absolute Gasteiger partial charge is 0.266 e. The molecule has 0 heterocycles. The molecular formula is C23H25ClN2O2. The molecule has 0 aliphatic heterocycles. The molecule has 2 aromatic rings. The second-order valence-corrected chi connectivity index (χ2v) is 7.35. The minimum atomic E-state index is -0.466. The number of rotatable bonds is 6. The Kier molecular flexibility index (Phi) is 7.25. The number of nitrogens with zero attached hydrogens (tertiary/aromatic N) is 1. The summed E-state index contributed by atoms with van der Waals surface area (Å²) in [5.74, 6) is 0.625. The summed E-state index contributed by atoms with van der Waals surface area (Å²) in [5.41, 5.74) is 4.29. The number of nitrogens with one attached hydrogen (secondary N) is 1. The molecule has 2 rings (SSSR count). The van der Waals surface area contributed by atoms with Crippen LogP contribution in [0.15, 0.2) is 35.9 Å². The fourth-order valence-electron chi connectivity index (χ4n) is 2.83. The van der Waals surface area contributed by atoms with Crippen molar-refractivity contribution in [1.82, 2.24) is 0 Å². The van der Waals surface area contributed by atoms with E-state index in [1.807, 2.05) is 45.0 Å². The maximum Gasteiger partial charge on any atom is 0.266 e. The molecule has 0 radical (unpaired) electrons. The van der Waals surface area contributed by atoms with Gasteiger partial charge in [0.25, 0.3) is 5.91 Å². The Bertz CT molecular complexity index is 956. The first-order chi connectivity index (χ1) is 13.3. The van der Waals surface area contributed by atoms with Gasteiger partial charge in [-0.15, -0.1) is 0 Å². The summed E-state index contributed by atoms with van der Waals surface area (Å²) >= 11 is 6.01. The average molecular weight is 397 g/mol. The molecule has 28 heavy (non-hydrogen) atoms. The summed E-state index contributed by atoms with van der Waals surface area (Å²) in [6.07, 6.45) is 1.62. The third kappa shape index (κ3) is 5.15. The molecule has 2 aromatic carbocycles. The van der Waals surface area contributed by atoms with Crippen molar-refractivity contribution >= 4 is 29.3 Å². The van der Waals surface area contributed by atoms with Crippen molar-refractivity contribution in [2.24, 2.45) is 0 Å². The van der Waals surface area contributed by atoms with Crippen molar-refractivity contribution in [3.63, 3.8) is 0 Å². The highest BCUT2D eigenvalue weighted by Gasteiger charge is 2.15. The van der Waals surface area contributed by atoms with Crippen LogP contribution < -0.4 is 10.1 Å². The van der Waals surface area contributed by atoms with Crippen LogP contribution in [0.4, 0.5) is 5.69 Å². The largest absolute Gasteiger partial charge is 0.494 e. The topological polar surface area (TPSA) is 62.1 Å². The number of carbonyl (C=O) groups is 1. The fraction of sp³-hybridized carbons (Fsp3) is 0.304. The molecule has 0 fully saturated rings. The SMILES string of the molecule is CCOc1cc(C)c(/C=C(\C#N)C(=O)Nc2cc(Cl)ccc2C)cc1C(C)C. The van der Waals surface area contributed by atoms with Crippen LogP contribution in [0.25, 0.3) is 6.08 Å². The summed E-state index contributed by atoms with van der Waals surface area (Å²) in [6.45, 7) is 10.5. The summed E-state index contributed by atoms with van der Waals surface area (Å²) in [6, 6.07) is 11.2. The lowest BCUT2D eigenvalue weighted by Gasteiger charge is -2.16. The molecule has 1 amide bonds.